The van der Waals surface area contributed by atoms with E-state index in [0.29, 0.717) is 16.4 Å². The Bertz CT molecular complexity index is 622. The predicted octanol–water partition coefficient (Wildman–Crippen LogP) is 3.03. The summed E-state index contributed by atoms with van der Waals surface area (Å²) >= 11 is 1.35. The highest BCUT2D eigenvalue weighted by Gasteiger charge is 2.22. The quantitative estimate of drug-likeness (QED) is 0.939. The number of hydrogen-bond acceptors (Lipinski definition) is 5. The van der Waals surface area contributed by atoms with Crippen LogP contribution >= 0.6 is 11.3 Å². The van der Waals surface area contributed by atoms with Crippen LogP contribution in [-0.4, -0.2) is 22.2 Å². The topological polar surface area (TPSA) is 64.1 Å². The fraction of sp³-hybridized carbons (Fsp3) is 0.357. The van der Waals surface area contributed by atoms with Crippen molar-refractivity contribution in [2.75, 3.05) is 5.32 Å². The molecular weight excluding hydrogens is 274 g/mol. The summed E-state index contributed by atoms with van der Waals surface area (Å²) in [5.41, 5.74) is 0.534. The molecule has 20 heavy (non-hydrogen) atoms. The number of carbonyl (C=O) groups is 1. The third-order valence-electron chi connectivity index (χ3n) is 3.22. The Kier molecular flexibility index (Phi) is 3.64. The second-order valence-corrected chi connectivity index (χ2v) is 5.93. The molecule has 0 saturated heterocycles. The number of benzene rings is 1. The summed E-state index contributed by atoms with van der Waals surface area (Å²) in [6.07, 6.45) is 3.56. The van der Waals surface area contributed by atoms with Crippen LogP contribution in [0.2, 0.25) is 0 Å². The minimum atomic E-state index is -0.212. The van der Waals surface area contributed by atoms with Crippen molar-refractivity contribution in [3.05, 3.63) is 34.8 Å². The van der Waals surface area contributed by atoms with Crippen LogP contribution in [0.1, 0.15) is 34.6 Å². The fourth-order valence-corrected chi connectivity index (χ4v) is 2.52. The minimum absolute atomic E-state index is 0.212. The van der Waals surface area contributed by atoms with Gasteiger partial charge in [0.05, 0.1) is 11.7 Å². The molecule has 6 heteroatoms. The number of rotatable bonds is 4. The molecule has 2 aromatic rings. The van der Waals surface area contributed by atoms with Gasteiger partial charge in [-0.15, -0.1) is 10.2 Å². The van der Waals surface area contributed by atoms with Gasteiger partial charge in [-0.05, 0) is 38.3 Å². The van der Waals surface area contributed by atoms with Gasteiger partial charge in [-0.3, -0.25) is 10.1 Å². The zero-order valence-electron chi connectivity index (χ0n) is 11.1. The predicted molar refractivity (Wildman–Crippen MR) is 77.3 cm³/mol. The number of ether oxygens (including phenoxy) is 1. The Morgan fingerprint density at radius 2 is 2.15 bits per heavy atom. The summed E-state index contributed by atoms with van der Waals surface area (Å²) in [5.74, 6) is 0.423. The highest BCUT2D eigenvalue weighted by molar-refractivity contribution is 7.15. The Labute approximate surface area is 121 Å². The number of para-hydroxylation sites is 1. The smallest absolute Gasteiger partial charge is 0.261 e. The van der Waals surface area contributed by atoms with E-state index in [2.05, 4.69) is 15.5 Å². The van der Waals surface area contributed by atoms with Crippen molar-refractivity contribution in [3.63, 3.8) is 0 Å². The largest absolute Gasteiger partial charge is 0.490 e. The van der Waals surface area contributed by atoms with E-state index in [-0.39, 0.29) is 12.0 Å². The van der Waals surface area contributed by atoms with E-state index in [1.54, 1.807) is 6.07 Å². The Balaban J connectivity index is 1.76. The van der Waals surface area contributed by atoms with Crippen LogP contribution in [0.5, 0.6) is 5.75 Å². The minimum Gasteiger partial charge on any atom is -0.490 e. The maximum absolute atomic E-state index is 12.3. The molecule has 0 radical (unpaired) electrons. The van der Waals surface area contributed by atoms with Gasteiger partial charge in [0.1, 0.15) is 10.8 Å². The summed E-state index contributed by atoms with van der Waals surface area (Å²) in [7, 11) is 0. The van der Waals surface area contributed by atoms with E-state index in [1.807, 2.05) is 25.1 Å². The molecule has 0 atom stereocenters. The lowest BCUT2D eigenvalue weighted by Gasteiger charge is -2.27. The Hall–Kier alpha value is -1.95. The van der Waals surface area contributed by atoms with Crippen molar-refractivity contribution in [2.24, 2.45) is 0 Å². The highest BCUT2D eigenvalue weighted by atomic mass is 32.1. The number of nitrogens with one attached hydrogen (secondary N) is 1. The maximum atomic E-state index is 12.3. The maximum Gasteiger partial charge on any atom is 0.261 e. The lowest BCUT2D eigenvalue weighted by molar-refractivity contribution is 0.0992. The van der Waals surface area contributed by atoms with E-state index < -0.39 is 0 Å². The average Bonchev–Trinajstić information content (AvgIpc) is 2.80. The molecule has 0 aliphatic heterocycles. The van der Waals surface area contributed by atoms with Crippen molar-refractivity contribution in [1.82, 2.24) is 10.2 Å². The van der Waals surface area contributed by atoms with Crippen molar-refractivity contribution >= 4 is 22.4 Å². The van der Waals surface area contributed by atoms with Crippen molar-refractivity contribution in [1.29, 1.82) is 0 Å². The summed E-state index contributed by atoms with van der Waals surface area (Å²) < 4.78 is 5.85. The molecule has 1 amide bonds. The number of nitrogens with zero attached hydrogens (tertiary/aromatic N) is 2. The third-order valence-corrected chi connectivity index (χ3v) is 3.98. The van der Waals surface area contributed by atoms with Gasteiger partial charge in [0, 0.05) is 0 Å². The van der Waals surface area contributed by atoms with Crippen LogP contribution in [0, 0.1) is 6.92 Å². The van der Waals surface area contributed by atoms with Gasteiger partial charge in [0.2, 0.25) is 5.13 Å². The summed E-state index contributed by atoms with van der Waals surface area (Å²) in [5, 5.41) is 11.9. The first-order valence-electron chi connectivity index (χ1n) is 6.59. The van der Waals surface area contributed by atoms with Gasteiger partial charge in [-0.2, -0.15) is 0 Å². The monoisotopic (exact) mass is 289 g/mol. The Morgan fingerprint density at radius 3 is 2.80 bits per heavy atom. The molecule has 1 fully saturated rings. The summed E-state index contributed by atoms with van der Waals surface area (Å²) in [6.45, 7) is 1.85. The van der Waals surface area contributed by atoms with Gasteiger partial charge in [0.15, 0.2) is 0 Å². The second kappa shape index (κ2) is 5.58. The number of carbonyl (C=O) groups excluding carboxylic acids is 1. The fourth-order valence-electron chi connectivity index (χ4n) is 1.94. The molecule has 5 nitrogen and oxygen atoms in total. The van der Waals surface area contributed by atoms with E-state index in [1.165, 1.54) is 17.8 Å². The van der Waals surface area contributed by atoms with Gasteiger partial charge < -0.3 is 4.74 Å². The van der Waals surface area contributed by atoms with E-state index in [9.17, 15) is 4.79 Å². The number of amides is 1. The molecule has 0 spiro atoms. The lowest BCUT2D eigenvalue weighted by Crippen LogP contribution is -2.26. The standard InChI is InChI=1S/C14H15N3O2S/c1-9-16-17-14(20-9)15-13(18)11-7-2-3-8-12(11)19-10-5-4-6-10/h2-3,7-8,10H,4-6H2,1H3,(H,15,17,18). The average molecular weight is 289 g/mol. The van der Waals surface area contributed by atoms with Crippen LogP contribution in [-0.2, 0) is 0 Å². The van der Waals surface area contributed by atoms with Crippen LogP contribution in [0.25, 0.3) is 0 Å². The zero-order valence-corrected chi connectivity index (χ0v) is 11.9. The van der Waals surface area contributed by atoms with Crippen LogP contribution in [0.3, 0.4) is 0 Å². The molecule has 0 unspecified atom stereocenters. The molecule has 3 rings (SSSR count). The van der Waals surface area contributed by atoms with Crippen LogP contribution in [0.4, 0.5) is 5.13 Å². The molecule has 1 aliphatic rings. The molecule has 1 N–H and O–H groups in total. The number of aromatic nitrogens is 2. The van der Waals surface area contributed by atoms with Crippen molar-refractivity contribution < 1.29 is 9.53 Å². The van der Waals surface area contributed by atoms with E-state index in [0.717, 1.165) is 17.8 Å². The van der Waals surface area contributed by atoms with Gasteiger partial charge in [0.25, 0.3) is 5.91 Å². The van der Waals surface area contributed by atoms with Crippen molar-refractivity contribution in [3.8, 4) is 5.75 Å². The van der Waals surface area contributed by atoms with Crippen LogP contribution in [0.15, 0.2) is 24.3 Å². The lowest BCUT2D eigenvalue weighted by atomic mass is 9.96. The molecule has 1 aliphatic carbocycles. The molecule has 0 bridgehead atoms. The zero-order chi connectivity index (χ0) is 13.9. The first-order chi connectivity index (χ1) is 9.72. The first-order valence-corrected chi connectivity index (χ1v) is 7.41. The van der Waals surface area contributed by atoms with Crippen LogP contribution < -0.4 is 10.1 Å². The third kappa shape index (κ3) is 2.80. The first kappa shape index (κ1) is 13.1. The second-order valence-electron chi connectivity index (χ2n) is 4.75. The SMILES string of the molecule is Cc1nnc(NC(=O)c2ccccc2OC2CCC2)s1. The molecule has 1 aromatic heterocycles. The molecule has 1 aromatic carbocycles. The van der Waals surface area contributed by atoms with E-state index in [4.69, 9.17) is 4.74 Å². The van der Waals surface area contributed by atoms with Gasteiger partial charge >= 0.3 is 0 Å². The summed E-state index contributed by atoms with van der Waals surface area (Å²) in [6, 6.07) is 7.30. The highest BCUT2D eigenvalue weighted by Crippen LogP contribution is 2.28. The molecule has 104 valence electrons. The number of hydrogen-bond donors (Lipinski definition) is 1. The summed E-state index contributed by atoms with van der Waals surface area (Å²) in [4.78, 5) is 12.3. The number of aryl methyl sites for hydroxylation is 1. The van der Waals surface area contributed by atoms with E-state index >= 15 is 0 Å². The Morgan fingerprint density at radius 1 is 1.35 bits per heavy atom. The number of anilines is 1. The molecule has 1 saturated carbocycles. The molecular formula is C14H15N3O2S. The molecule has 1 heterocycles. The van der Waals surface area contributed by atoms with Gasteiger partial charge in [-0.25, -0.2) is 0 Å². The normalized spacial score (nSPS) is 14.7. The van der Waals surface area contributed by atoms with Gasteiger partial charge in [-0.1, -0.05) is 23.5 Å². The van der Waals surface area contributed by atoms with Crippen molar-refractivity contribution in [2.45, 2.75) is 32.3 Å².